The van der Waals surface area contributed by atoms with Crippen molar-refractivity contribution in [3.63, 3.8) is 0 Å². The van der Waals surface area contributed by atoms with E-state index in [4.69, 9.17) is 10.5 Å². The maximum Gasteiger partial charge on any atom is 0.230 e. The molecule has 3 rings (SSSR count). The lowest BCUT2D eigenvalue weighted by Gasteiger charge is -2.27. The monoisotopic (exact) mass is 249 g/mol. The Kier molecular flexibility index (Phi) is 3.27. The van der Waals surface area contributed by atoms with E-state index in [9.17, 15) is 0 Å². The van der Waals surface area contributed by atoms with Gasteiger partial charge < -0.3 is 15.4 Å². The van der Waals surface area contributed by atoms with Gasteiger partial charge in [-0.05, 0) is 12.8 Å². The van der Waals surface area contributed by atoms with Crippen LogP contribution in [0.15, 0.2) is 0 Å². The van der Waals surface area contributed by atoms with E-state index in [0.717, 1.165) is 32.1 Å². The highest BCUT2D eigenvalue weighted by Crippen LogP contribution is 2.32. The number of aromatic nitrogens is 3. The highest BCUT2D eigenvalue weighted by atomic mass is 16.5. The minimum atomic E-state index is 0.341. The Balaban J connectivity index is 1.84. The van der Waals surface area contributed by atoms with Crippen molar-refractivity contribution >= 4 is 11.9 Å². The molecular weight excluding hydrogens is 230 g/mol. The van der Waals surface area contributed by atoms with E-state index < -0.39 is 0 Å². The molecule has 2 aliphatic rings. The van der Waals surface area contributed by atoms with Crippen LogP contribution in [0.25, 0.3) is 0 Å². The summed E-state index contributed by atoms with van der Waals surface area (Å²) in [5.74, 6) is 2.40. The molecule has 1 aliphatic carbocycles. The summed E-state index contributed by atoms with van der Waals surface area (Å²) in [4.78, 5) is 15.3. The smallest absolute Gasteiger partial charge is 0.230 e. The zero-order chi connectivity index (χ0) is 12.4. The fourth-order valence-corrected chi connectivity index (χ4v) is 2.67. The molecule has 1 aromatic rings. The number of morpholine rings is 1. The van der Waals surface area contributed by atoms with Crippen LogP contribution in [0.1, 0.15) is 37.4 Å². The number of nitrogens with two attached hydrogens (primary N) is 1. The van der Waals surface area contributed by atoms with Crippen LogP contribution in [-0.4, -0.2) is 41.3 Å². The molecule has 2 fully saturated rings. The van der Waals surface area contributed by atoms with Crippen LogP contribution in [0.3, 0.4) is 0 Å². The Morgan fingerprint density at radius 2 is 1.78 bits per heavy atom. The molecule has 1 aromatic heterocycles. The summed E-state index contributed by atoms with van der Waals surface area (Å²) in [7, 11) is 0. The number of hydrogen-bond donors (Lipinski definition) is 1. The van der Waals surface area contributed by atoms with Crippen molar-refractivity contribution in [2.24, 2.45) is 0 Å². The van der Waals surface area contributed by atoms with Crippen molar-refractivity contribution in [2.45, 2.75) is 31.6 Å². The summed E-state index contributed by atoms with van der Waals surface area (Å²) in [6, 6.07) is 0. The summed E-state index contributed by atoms with van der Waals surface area (Å²) in [6.07, 6.45) is 4.88. The van der Waals surface area contributed by atoms with E-state index in [1.165, 1.54) is 25.7 Å². The molecule has 1 saturated carbocycles. The predicted molar refractivity (Wildman–Crippen MR) is 68.5 cm³/mol. The molecule has 0 amide bonds. The number of nitrogens with zero attached hydrogens (tertiary/aromatic N) is 4. The van der Waals surface area contributed by atoms with Gasteiger partial charge in [0.2, 0.25) is 11.9 Å². The van der Waals surface area contributed by atoms with E-state index in [1.54, 1.807) is 0 Å². The van der Waals surface area contributed by atoms with Crippen molar-refractivity contribution in [2.75, 3.05) is 36.9 Å². The number of ether oxygens (including phenoxy) is 1. The lowest BCUT2D eigenvalue weighted by molar-refractivity contribution is 0.122. The third-order valence-corrected chi connectivity index (χ3v) is 3.67. The first-order chi connectivity index (χ1) is 8.83. The second kappa shape index (κ2) is 5.06. The molecule has 1 aliphatic heterocycles. The first kappa shape index (κ1) is 11.6. The molecule has 0 unspecified atom stereocenters. The highest BCUT2D eigenvalue weighted by Gasteiger charge is 2.23. The SMILES string of the molecule is Nc1nc(C2CCCC2)nc(N2CCOCC2)n1. The molecule has 6 heteroatoms. The van der Waals surface area contributed by atoms with Gasteiger partial charge in [0.15, 0.2) is 0 Å². The van der Waals surface area contributed by atoms with Gasteiger partial charge in [-0.1, -0.05) is 12.8 Å². The lowest BCUT2D eigenvalue weighted by atomic mass is 10.1. The summed E-state index contributed by atoms with van der Waals surface area (Å²) in [5, 5.41) is 0. The molecule has 0 bridgehead atoms. The topological polar surface area (TPSA) is 77.2 Å². The molecule has 2 heterocycles. The van der Waals surface area contributed by atoms with Gasteiger partial charge in [-0.15, -0.1) is 0 Å². The van der Waals surface area contributed by atoms with Gasteiger partial charge in [-0.2, -0.15) is 15.0 Å². The third-order valence-electron chi connectivity index (χ3n) is 3.67. The van der Waals surface area contributed by atoms with Crippen molar-refractivity contribution in [1.82, 2.24) is 15.0 Å². The van der Waals surface area contributed by atoms with E-state index >= 15 is 0 Å². The second-order valence-electron chi connectivity index (χ2n) is 4.93. The number of rotatable bonds is 2. The van der Waals surface area contributed by atoms with Crippen LogP contribution in [0.2, 0.25) is 0 Å². The highest BCUT2D eigenvalue weighted by molar-refractivity contribution is 5.35. The molecule has 0 spiro atoms. The first-order valence-corrected chi connectivity index (χ1v) is 6.67. The van der Waals surface area contributed by atoms with E-state index in [2.05, 4.69) is 19.9 Å². The zero-order valence-electron chi connectivity index (χ0n) is 10.5. The average Bonchev–Trinajstić information content (AvgIpc) is 2.93. The lowest BCUT2D eigenvalue weighted by Crippen LogP contribution is -2.37. The molecule has 98 valence electrons. The third kappa shape index (κ3) is 2.38. The van der Waals surface area contributed by atoms with Crippen LogP contribution < -0.4 is 10.6 Å². The molecule has 6 nitrogen and oxygen atoms in total. The Bertz CT molecular complexity index is 413. The Morgan fingerprint density at radius 1 is 1.06 bits per heavy atom. The number of nitrogen functional groups attached to an aromatic ring is 1. The molecule has 0 aromatic carbocycles. The fraction of sp³-hybridized carbons (Fsp3) is 0.750. The molecule has 1 saturated heterocycles. The van der Waals surface area contributed by atoms with Crippen molar-refractivity contribution in [3.8, 4) is 0 Å². The normalized spacial score (nSPS) is 21.4. The van der Waals surface area contributed by atoms with Gasteiger partial charge >= 0.3 is 0 Å². The summed E-state index contributed by atoms with van der Waals surface area (Å²) < 4.78 is 5.34. The molecule has 2 N–H and O–H groups in total. The maximum absolute atomic E-state index is 5.81. The fourth-order valence-electron chi connectivity index (χ4n) is 2.67. The Hall–Kier alpha value is -1.43. The standard InChI is InChI=1S/C12H19N5O/c13-11-14-10(9-3-1-2-4-9)15-12(16-11)17-5-7-18-8-6-17/h9H,1-8H2,(H2,13,14,15,16). The maximum atomic E-state index is 5.81. The quantitative estimate of drug-likeness (QED) is 0.840. The van der Waals surface area contributed by atoms with Gasteiger partial charge in [-0.25, -0.2) is 0 Å². The van der Waals surface area contributed by atoms with Gasteiger partial charge in [0.1, 0.15) is 5.82 Å². The predicted octanol–water partition coefficient (Wildman–Crippen LogP) is 0.948. The van der Waals surface area contributed by atoms with Crippen molar-refractivity contribution in [1.29, 1.82) is 0 Å². The van der Waals surface area contributed by atoms with Gasteiger partial charge in [-0.3, -0.25) is 0 Å². The first-order valence-electron chi connectivity index (χ1n) is 6.67. The molecule has 0 radical (unpaired) electrons. The van der Waals surface area contributed by atoms with Crippen LogP contribution >= 0.6 is 0 Å². The van der Waals surface area contributed by atoms with Crippen LogP contribution in [0.5, 0.6) is 0 Å². The second-order valence-corrected chi connectivity index (χ2v) is 4.93. The largest absolute Gasteiger partial charge is 0.378 e. The molecular formula is C12H19N5O. The van der Waals surface area contributed by atoms with Crippen LogP contribution in [0, 0.1) is 0 Å². The summed E-state index contributed by atoms with van der Waals surface area (Å²) >= 11 is 0. The minimum absolute atomic E-state index is 0.341. The molecule has 18 heavy (non-hydrogen) atoms. The summed E-state index contributed by atoms with van der Waals surface area (Å²) in [5.41, 5.74) is 5.81. The number of anilines is 2. The van der Waals surface area contributed by atoms with Gasteiger partial charge in [0.05, 0.1) is 13.2 Å². The van der Waals surface area contributed by atoms with E-state index in [0.29, 0.717) is 17.8 Å². The Labute approximate surface area is 107 Å². The van der Waals surface area contributed by atoms with E-state index in [1.807, 2.05) is 0 Å². The van der Waals surface area contributed by atoms with E-state index in [-0.39, 0.29) is 0 Å². The zero-order valence-corrected chi connectivity index (χ0v) is 10.5. The Morgan fingerprint density at radius 3 is 2.50 bits per heavy atom. The molecule has 0 atom stereocenters. The summed E-state index contributed by atoms with van der Waals surface area (Å²) in [6.45, 7) is 3.11. The minimum Gasteiger partial charge on any atom is -0.378 e. The van der Waals surface area contributed by atoms with Gasteiger partial charge in [0.25, 0.3) is 0 Å². The van der Waals surface area contributed by atoms with Gasteiger partial charge in [0, 0.05) is 19.0 Å². The number of hydrogen-bond acceptors (Lipinski definition) is 6. The van der Waals surface area contributed by atoms with Crippen LogP contribution in [-0.2, 0) is 4.74 Å². The average molecular weight is 249 g/mol. The van der Waals surface area contributed by atoms with Crippen LogP contribution in [0.4, 0.5) is 11.9 Å². The van der Waals surface area contributed by atoms with Crippen molar-refractivity contribution < 1.29 is 4.74 Å². The van der Waals surface area contributed by atoms with Crippen molar-refractivity contribution in [3.05, 3.63) is 5.82 Å².